The Hall–Kier alpha value is -0.920. The molecule has 0 amide bonds. The fourth-order valence-electron chi connectivity index (χ4n) is 0.628. The molecule has 0 spiro atoms. The number of hydrogen-bond donors (Lipinski definition) is 0. The zero-order valence-electron chi connectivity index (χ0n) is 4.91. The first kappa shape index (κ1) is 6.20. The Balaban J connectivity index is 3.17. The highest BCUT2D eigenvalue weighted by Crippen LogP contribution is 2.04. The van der Waals surface area contributed by atoms with Crippen molar-refractivity contribution in [1.29, 1.82) is 0 Å². The number of aryl methyl sites for hydroxylation is 1. The fraction of sp³-hybridized carbons (Fsp3) is 0.143. The highest BCUT2D eigenvalue weighted by molar-refractivity contribution is 5.14. The van der Waals surface area contributed by atoms with Crippen LogP contribution in [0, 0.1) is 24.6 Å². The predicted octanol–water partition coefficient (Wildman–Crippen LogP) is 2.07. The monoisotopic (exact) mass is 127 g/mol. The van der Waals surface area contributed by atoms with Crippen LogP contribution >= 0.6 is 0 Å². The highest BCUT2D eigenvalue weighted by atomic mass is 19.1. The van der Waals surface area contributed by atoms with Gasteiger partial charge in [0.05, 0.1) is 6.07 Å². The molecule has 2 heteroatoms. The molecule has 1 aromatic rings. The van der Waals surface area contributed by atoms with Crippen molar-refractivity contribution in [2.24, 2.45) is 0 Å². The van der Waals surface area contributed by atoms with Crippen molar-refractivity contribution in [3.63, 3.8) is 0 Å². The second kappa shape index (κ2) is 2.13. The average Bonchev–Trinajstić information content (AvgIpc) is 1.59. The second-order valence-electron chi connectivity index (χ2n) is 1.85. The minimum atomic E-state index is -0.646. The lowest BCUT2D eigenvalue weighted by Crippen LogP contribution is -1.81. The van der Waals surface area contributed by atoms with Crippen LogP contribution in [0.2, 0.25) is 0 Å². The van der Waals surface area contributed by atoms with Crippen molar-refractivity contribution in [3.05, 3.63) is 35.4 Å². The molecule has 0 aromatic heterocycles. The summed E-state index contributed by atoms with van der Waals surface area (Å²) in [6.07, 6.45) is 0. The normalized spacial score (nSPS) is 9.67. The Morgan fingerprint density at radius 2 is 1.67 bits per heavy atom. The van der Waals surface area contributed by atoms with Crippen LogP contribution in [0.3, 0.4) is 0 Å². The van der Waals surface area contributed by atoms with E-state index in [0.29, 0.717) is 5.56 Å². The van der Waals surface area contributed by atoms with Crippen molar-refractivity contribution >= 4 is 0 Å². The van der Waals surface area contributed by atoms with E-state index in [1.165, 1.54) is 12.1 Å². The molecular formula is C7H5F2. The van der Waals surface area contributed by atoms with Crippen LogP contribution in [0.4, 0.5) is 8.78 Å². The van der Waals surface area contributed by atoms with Gasteiger partial charge in [0.1, 0.15) is 11.6 Å². The molecule has 0 nitrogen and oxygen atoms in total. The van der Waals surface area contributed by atoms with Gasteiger partial charge in [-0.1, -0.05) is 0 Å². The molecule has 0 aliphatic carbocycles. The van der Waals surface area contributed by atoms with E-state index < -0.39 is 11.6 Å². The van der Waals surface area contributed by atoms with Crippen LogP contribution in [0.15, 0.2) is 12.1 Å². The van der Waals surface area contributed by atoms with Crippen molar-refractivity contribution < 1.29 is 8.78 Å². The summed E-state index contributed by atoms with van der Waals surface area (Å²) < 4.78 is 24.3. The van der Waals surface area contributed by atoms with Crippen LogP contribution in [-0.2, 0) is 0 Å². The van der Waals surface area contributed by atoms with Crippen molar-refractivity contribution in [2.45, 2.75) is 6.92 Å². The third-order valence-corrected chi connectivity index (χ3v) is 0.948. The Morgan fingerprint density at radius 1 is 1.22 bits per heavy atom. The Bertz CT molecular complexity index is 168. The molecule has 9 heavy (non-hydrogen) atoms. The zero-order valence-corrected chi connectivity index (χ0v) is 4.91. The molecule has 0 atom stereocenters. The standard InChI is InChI=1S/C7H5F2/c1-5-2-6(8)4-7(9)3-5/h2-3H,1H3. The Labute approximate surface area is 52.1 Å². The third-order valence-electron chi connectivity index (χ3n) is 0.948. The average molecular weight is 127 g/mol. The van der Waals surface area contributed by atoms with Gasteiger partial charge < -0.3 is 0 Å². The molecule has 0 aliphatic rings. The summed E-state index contributed by atoms with van der Waals surface area (Å²) in [5, 5.41) is 0. The number of rotatable bonds is 0. The van der Waals surface area contributed by atoms with Gasteiger partial charge in [0, 0.05) is 0 Å². The molecule has 1 aromatic carbocycles. The summed E-state index contributed by atoms with van der Waals surface area (Å²) in [4.78, 5) is 0. The smallest absolute Gasteiger partial charge is 0.134 e. The predicted molar refractivity (Wildman–Crippen MR) is 29.9 cm³/mol. The number of hydrogen-bond acceptors (Lipinski definition) is 0. The number of benzene rings is 1. The lowest BCUT2D eigenvalue weighted by atomic mass is 10.2. The fourth-order valence-corrected chi connectivity index (χ4v) is 0.628. The zero-order chi connectivity index (χ0) is 6.85. The largest absolute Gasteiger partial charge is 0.206 e. The van der Waals surface area contributed by atoms with Gasteiger partial charge in [0.15, 0.2) is 0 Å². The van der Waals surface area contributed by atoms with Gasteiger partial charge >= 0.3 is 0 Å². The first-order valence-corrected chi connectivity index (χ1v) is 2.53. The molecule has 0 fully saturated rings. The van der Waals surface area contributed by atoms with Crippen LogP contribution in [-0.4, -0.2) is 0 Å². The number of halogens is 2. The third kappa shape index (κ3) is 1.49. The Kier molecular flexibility index (Phi) is 1.47. The molecular weight excluding hydrogens is 122 g/mol. The molecule has 0 bridgehead atoms. The molecule has 0 unspecified atom stereocenters. The van der Waals surface area contributed by atoms with E-state index in [0.717, 1.165) is 0 Å². The molecule has 0 heterocycles. The van der Waals surface area contributed by atoms with Crippen LogP contribution < -0.4 is 0 Å². The van der Waals surface area contributed by atoms with E-state index in [4.69, 9.17) is 0 Å². The van der Waals surface area contributed by atoms with E-state index in [1.54, 1.807) is 6.92 Å². The summed E-state index contributed by atoms with van der Waals surface area (Å²) in [5.74, 6) is -1.29. The molecule has 0 N–H and O–H groups in total. The SMILES string of the molecule is Cc1cc(F)[c]c(F)c1. The van der Waals surface area contributed by atoms with E-state index in [9.17, 15) is 8.78 Å². The first-order chi connectivity index (χ1) is 4.18. The van der Waals surface area contributed by atoms with E-state index in [2.05, 4.69) is 0 Å². The van der Waals surface area contributed by atoms with Gasteiger partial charge in [-0.25, -0.2) is 8.78 Å². The molecule has 0 saturated carbocycles. The molecule has 0 saturated heterocycles. The maximum atomic E-state index is 12.1. The minimum Gasteiger partial charge on any atom is -0.206 e. The maximum Gasteiger partial charge on any atom is 0.134 e. The van der Waals surface area contributed by atoms with Crippen molar-refractivity contribution in [2.75, 3.05) is 0 Å². The topological polar surface area (TPSA) is 0 Å². The van der Waals surface area contributed by atoms with Gasteiger partial charge in [0.25, 0.3) is 0 Å². The summed E-state index contributed by atoms with van der Waals surface area (Å²) in [6.45, 7) is 1.62. The highest BCUT2D eigenvalue weighted by Gasteiger charge is 1.94. The van der Waals surface area contributed by atoms with Gasteiger partial charge in [-0.05, 0) is 24.6 Å². The second-order valence-corrected chi connectivity index (χ2v) is 1.85. The first-order valence-electron chi connectivity index (χ1n) is 2.53. The lowest BCUT2D eigenvalue weighted by Gasteiger charge is -1.90. The molecule has 1 rings (SSSR count). The lowest BCUT2D eigenvalue weighted by molar-refractivity contribution is 0.577. The summed E-state index contributed by atoms with van der Waals surface area (Å²) in [7, 11) is 0. The minimum absolute atomic E-state index is 0.573. The summed E-state index contributed by atoms with van der Waals surface area (Å²) in [5.41, 5.74) is 0.573. The van der Waals surface area contributed by atoms with Crippen LogP contribution in [0.25, 0.3) is 0 Å². The van der Waals surface area contributed by atoms with E-state index in [-0.39, 0.29) is 0 Å². The van der Waals surface area contributed by atoms with Crippen molar-refractivity contribution in [1.82, 2.24) is 0 Å². The molecule has 47 valence electrons. The van der Waals surface area contributed by atoms with Crippen molar-refractivity contribution in [3.8, 4) is 0 Å². The van der Waals surface area contributed by atoms with Gasteiger partial charge in [-0.3, -0.25) is 0 Å². The van der Waals surface area contributed by atoms with E-state index >= 15 is 0 Å². The maximum absolute atomic E-state index is 12.1. The summed E-state index contributed by atoms with van der Waals surface area (Å²) in [6, 6.07) is 4.33. The summed E-state index contributed by atoms with van der Waals surface area (Å²) >= 11 is 0. The van der Waals surface area contributed by atoms with Crippen LogP contribution in [0.1, 0.15) is 5.56 Å². The van der Waals surface area contributed by atoms with Crippen LogP contribution in [0.5, 0.6) is 0 Å². The molecule has 0 aliphatic heterocycles. The molecule has 1 radical (unpaired) electrons. The van der Waals surface area contributed by atoms with Gasteiger partial charge in [-0.15, -0.1) is 0 Å². The Morgan fingerprint density at radius 3 is 2.00 bits per heavy atom. The quantitative estimate of drug-likeness (QED) is 0.500. The van der Waals surface area contributed by atoms with Gasteiger partial charge in [0.2, 0.25) is 0 Å². The van der Waals surface area contributed by atoms with E-state index in [1.807, 2.05) is 6.07 Å². The van der Waals surface area contributed by atoms with Gasteiger partial charge in [-0.2, -0.15) is 0 Å².